The fraction of sp³-hybridized carbons (Fsp3) is 0.267. The first kappa shape index (κ1) is 16.6. The number of ether oxygens (including phenoxy) is 1. The summed E-state index contributed by atoms with van der Waals surface area (Å²) in [5.74, 6) is 0.947. The first-order valence-electron chi connectivity index (χ1n) is 6.97. The van der Waals surface area contributed by atoms with E-state index < -0.39 is 0 Å². The van der Waals surface area contributed by atoms with E-state index >= 15 is 0 Å². The standard InChI is InChI=1S/C15H19BrN4OS/c1-2-21-13-6-4-3-5-12(13)7-8-19-9-10-20(11-14(19)16)18-15(17)22/h3-6,9-11H,2,7-8H2,1H3,(H3,17,18,22). The molecule has 22 heavy (non-hydrogen) atoms. The Hall–Kier alpha value is -1.73. The maximum absolute atomic E-state index is 5.66. The van der Waals surface area contributed by atoms with Crippen molar-refractivity contribution in [2.45, 2.75) is 13.3 Å². The minimum absolute atomic E-state index is 0.222. The normalized spacial score (nSPS) is 13.8. The van der Waals surface area contributed by atoms with E-state index in [2.05, 4.69) is 32.3 Å². The number of halogens is 1. The number of nitrogens with one attached hydrogen (secondary N) is 1. The van der Waals surface area contributed by atoms with Crippen LogP contribution >= 0.6 is 28.1 Å². The molecule has 3 N–H and O–H groups in total. The molecular weight excluding hydrogens is 364 g/mol. The van der Waals surface area contributed by atoms with Crippen LogP contribution in [0.2, 0.25) is 0 Å². The fourth-order valence-corrected chi connectivity index (χ4v) is 2.70. The van der Waals surface area contributed by atoms with Crippen LogP contribution in [0, 0.1) is 0 Å². The molecule has 1 aromatic rings. The highest BCUT2D eigenvalue weighted by molar-refractivity contribution is 9.11. The molecule has 118 valence electrons. The third-order valence-electron chi connectivity index (χ3n) is 3.06. The van der Waals surface area contributed by atoms with Crippen molar-refractivity contribution in [3.8, 4) is 5.75 Å². The largest absolute Gasteiger partial charge is 0.494 e. The van der Waals surface area contributed by atoms with Gasteiger partial charge in [0.1, 0.15) is 10.4 Å². The predicted octanol–water partition coefficient (Wildman–Crippen LogP) is 2.66. The summed E-state index contributed by atoms with van der Waals surface area (Å²) >= 11 is 8.36. The first-order chi connectivity index (χ1) is 10.6. The SMILES string of the molecule is CCOc1ccccc1CCN1C=CN(NC(N)=S)C=C1Br. The molecule has 1 aromatic carbocycles. The van der Waals surface area contributed by atoms with Gasteiger partial charge in [0.25, 0.3) is 0 Å². The van der Waals surface area contributed by atoms with Crippen molar-refractivity contribution in [1.29, 1.82) is 0 Å². The number of hydrogen-bond acceptors (Lipinski definition) is 4. The summed E-state index contributed by atoms with van der Waals surface area (Å²) in [7, 11) is 0. The van der Waals surface area contributed by atoms with Gasteiger partial charge in [0, 0.05) is 18.9 Å². The highest BCUT2D eigenvalue weighted by atomic mass is 79.9. The molecule has 0 aromatic heterocycles. The van der Waals surface area contributed by atoms with Gasteiger partial charge in [0.05, 0.1) is 12.8 Å². The molecule has 0 saturated heterocycles. The van der Waals surface area contributed by atoms with Crippen LogP contribution in [-0.4, -0.2) is 28.2 Å². The molecule has 1 aliphatic heterocycles. The monoisotopic (exact) mass is 382 g/mol. The Morgan fingerprint density at radius 2 is 2.14 bits per heavy atom. The van der Waals surface area contributed by atoms with E-state index in [1.54, 1.807) is 5.01 Å². The summed E-state index contributed by atoms with van der Waals surface area (Å²) in [4.78, 5) is 2.10. The van der Waals surface area contributed by atoms with Crippen LogP contribution in [0.15, 0.2) is 47.5 Å². The van der Waals surface area contributed by atoms with Gasteiger partial charge in [-0.25, -0.2) is 0 Å². The van der Waals surface area contributed by atoms with Gasteiger partial charge in [-0.2, -0.15) is 0 Å². The van der Waals surface area contributed by atoms with Crippen molar-refractivity contribution in [1.82, 2.24) is 15.3 Å². The number of hydrogen-bond donors (Lipinski definition) is 2. The second kappa shape index (κ2) is 8.05. The Bertz CT molecular complexity index is 591. The summed E-state index contributed by atoms with van der Waals surface area (Å²) in [6.45, 7) is 3.50. The lowest BCUT2D eigenvalue weighted by molar-refractivity contribution is 0.334. The van der Waals surface area contributed by atoms with Gasteiger partial charge in [0.2, 0.25) is 0 Å². The lowest BCUT2D eigenvalue weighted by Gasteiger charge is -2.28. The van der Waals surface area contributed by atoms with E-state index in [9.17, 15) is 0 Å². The Morgan fingerprint density at radius 3 is 2.82 bits per heavy atom. The minimum atomic E-state index is 0.222. The lowest BCUT2D eigenvalue weighted by Crippen LogP contribution is -2.40. The first-order valence-corrected chi connectivity index (χ1v) is 8.17. The number of hydrazine groups is 1. The molecule has 0 fully saturated rings. The number of thiocarbonyl (C=S) groups is 1. The lowest BCUT2D eigenvalue weighted by atomic mass is 10.1. The average molecular weight is 383 g/mol. The molecule has 1 heterocycles. The van der Waals surface area contributed by atoms with E-state index in [1.165, 1.54) is 5.56 Å². The third kappa shape index (κ3) is 4.64. The molecule has 0 spiro atoms. The van der Waals surface area contributed by atoms with Gasteiger partial charge >= 0.3 is 0 Å². The van der Waals surface area contributed by atoms with Gasteiger partial charge in [-0.15, -0.1) is 0 Å². The number of rotatable bonds is 6. The van der Waals surface area contributed by atoms with E-state index in [0.29, 0.717) is 6.61 Å². The summed E-state index contributed by atoms with van der Waals surface area (Å²) in [5.41, 5.74) is 9.49. The maximum atomic E-state index is 5.66. The molecule has 0 bridgehead atoms. The zero-order chi connectivity index (χ0) is 15.9. The molecule has 0 amide bonds. The Balaban J connectivity index is 1.96. The third-order valence-corrected chi connectivity index (χ3v) is 3.81. The molecule has 5 nitrogen and oxygen atoms in total. The average Bonchev–Trinajstić information content (AvgIpc) is 2.47. The highest BCUT2D eigenvalue weighted by Gasteiger charge is 2.12. The summed E-state index contributed by atoms with van der Waals surface area (Å²) in [6, 6.07) is 8.12. The molecule has 0 aliphatic carbocycles. The van der Waals surface area contributed by atoms with Gasteiger partial charge in [0.15, 0.2) is 5.11 Å². The Morgan fingerprint density at radius 1 is 1.36 bits per heavy atom. The smallest absolute Gasteiger partial charge is 0.183 e. The van der Waals surface area contributed by atoms with Crippen LogP contribution in [0.3, 0.4) is 0 Å². The van der Waals surface area contributed by atoms with Crippen LogP contribution in [0.5, 0.6) is 5.75 Å². The summed E-state index contributed by atoms with van der Waals surface area (Å²) in [6.07, 6.45) is 6.57. The number of benzene rings is 1. The molecule has 0 radical (unpaired) electrons. The van der Waals surface area contributed by atoms with Crippen molar-refractivity contribution < 1.29 is 4.74 Å². The van der Waals surface area contributed by atoms with Crippen molar-refractivity contribution in [2.75, 3.05) is 13.2 Å². The van der Waals surface area contributed by atoms with E-state index in [1.807, 2.05) is 43.7 Å². The van der Waals surface area contributed by atoms with Crippen molar-refractivity contribution in [2.24, 2.45) is 5.73 Å². The molecule has 2 rings (SSSR count). The van der Waals surface area contributed by atoms with Crippen LogP contribution in [0.25, 0.3) is 0 Å². The Labute approximate surface area is 144 Å². The molecule has 0 unspecified atom stereocenters. The van der Waals surface area contributed by atoms with E-state index in [4.69, 9.17) is 22.7 Å². The van der Waals surface area contributed by atoms with Gasteiger partial charge in [-0.3, -0.25) is 10.4 Å². The summed E-state index contributed by atoms with van der Waals surface area (Å²) < 4.78 is 6.58. The quantitative estimate of drug-likeness (QED) is 0.582. The second-order valence-electron chi connectivity index (χ2n) is 4.62. The van der Waals surface area contributed by atoms with Crippen LogP contribution in [0.4, 0.5) is 0 Å². The van der Waals surface area contributed by atoms with E-state index in [-0.39, 0.29) is 5.11 Å². The van der Waals surface area contributed by atoms with Crippen LogP contribution in [0.1, 0.15) is 12.5 Å². The molecule has 1 aliphatic rings. The number of para-hydroxylation sites is 1. The molecule has 0 saturated carbocycles. The van der Waals surface area contributed by atoms with Crippen molar-refractivity contribution in [3.05, 3.63) is 53.0 Å². The predicted molar refractivity (Wildman–Crippen MR) is 95.9 cm³/mol. The fourth-order valence-electron chi connectivity index (χ4n) is 2.08. The minimum Gasteiger partial charge on any atom is -0.494 e. The van der Waals surface area contributed by atoms with E-state index in [0.717, 1.165) is 23.3 Å². The van der Waals surface area contributed by atoms with Gasteiger partial charge in [-0.05, 0) is 53.1 Å². The second-order valence-corrected chi connectivity index (χ2v) is 5.87. The summed E-state index contributed by atoms with van der Waals surface area (Å²) in [5, 5.41) is 1.93. The zero-order valence-corrected chi connectivity index (χ0v) is 14.7. The number of nitrogens with zero attached hydrogens (tertiary/aromatic N) is 2. The molecule has 0 atom stereocenters. The highest BCUT2D eigenvalue weighted by Crippen LogP contribution is 2.22. The molecular formula is C15H19BrN4OS. The van der Waals surface area contributed by atoms with Gasteiger partial charge < -0.3 is 15.4 Å². The Kier molecular flexibility index (Phi) is 6.09. The van der Waals surface area contributed by atoms with Crippen LogP contribution < -0.4 is 15.9 Å². The number of nitrogens with two attached hydrogens (primary N) is 1. The maximum Gasteiger partial charge on any atom is 0.183 e. The van der Waals surface area contributed by atoms with Crippen molar-refractivity contribution >= 4 is 33.3 Å². The zero-order valence-electron chi connectivity index (χ0n) is 12.3. The van der Waals surface area contributed by atoms with Crippen LogP contribution in [-0.2, 0) is 6.42 Å². The molecule has 7 heteroatoms. The van der Waals surface area contributed by atoms with Gasteiger partial charge in [-0.1, -0.05) is 18.2 Å². The van der Waals surface area contributed by atoms with Crippen molar-refractivity contribution in [3.63, 3.8) is 0 Å². The topological polar surface area (TPSA) is 53.8 Å².